The number of hydrogen-bond acceptors (Lipinski definition) is 3. The number of aromatic nitrogens is 4. The lowest BCUT2D eigenvalue weighted by molar-refractivity contribution is 0.985. The maximum absolute atomic E-state index is 12.4. The van der Waals surface area contributed by atoms with Crippen molar-refractivity contribution in [1.82, 2.24) is 18.9 Å². The molecule has 4 aromatic rings. The maximum atomic E-state index is 12.4. The summed E-state index contributed by atoms with van der Waals surface area (Å²) in [5.41, 5.74) is 1.43. The normalized spacial score (nSPS) is 11.2. The van der Waals surface area contributed by atoms with E-state index in [1.165, 1.54) is 4.40 Å². The summed E-state index contributed by atoms with van der Waals surface area (Å²) in [6, 6.07) is 13.3. The van der Waals surface area contributed by atoms with Crippen molar-refractivity contribution < 1.29 is 0 Å². The summed E-state index contributed by atoms with van der Waals surface area (Å²) < 4.78 is 3.42. The molecule has 0 saturated carbocycles. The summed E-state index contributed by atoms with van der Waals surface area (Å²) in [4.78, 5) is 21.1. The zero-order chi connectivity index (χ0) is 13.5. The molecule has 1 aromatic carbocycles. The molecular formula is C15H10N4O. The summed E-state index contributed by atoms with van der Waals surface area (Å²) >= 11 is 0. The molecule has 0 N–H and O–H groups in total. The van der Waals surface area contributed by atoms with Gasteiger partial charge in [0, 0.05) is 18.6 Å². The van der Waals surface area contributed by atoms with Crippen molar-refractivity contribution in [3.63, 3.8) is 0 Å². The van der Waals surface area contributed by atoms with Gasteiger partial charge in [0.25, 0.3) is 5.56 Å². The van der Waals surface area contributed by atoms with Gasteiger partial charge in [0.05, 0.1) is 11.1 Å². The molecule has 5 heteroatoms. The molecule has 0 amide bonds. The van der Waals surface area contributed by atoms with Crippen molar-refractivity contribution in [3.05, 3.63) is 71.4 Å². The smallest absolute Gasteiger partial charge is 0.268 e. The van der Waals surface area contributed by atoms with Crippen LogP contribution >= 0.6 is 0 Å². The number of rotatable bonds is 1. The molecule has 5 nitrogen and oxygen atoms in total. The first-order valence-corrected chi connectivity index (χ1v) is 6.24. The lowest BCUT2D eigenvalue weighted by Gasteiger charge is -2.11. The van der Waals surface area contributed by atoms with Crippen LogP contribution in [0, 0.1) is 0 Å². The summed E-state index contributed by atoms with van der Waals surface area (Å²) in [7, 11) is 0. The third kappa shape index (κ3) is 1.40. The number of imidazole rings is 1. The van der Waals surface area contributed by atoms with Crippen LogP contribution in [0.25, 0.3) is 22.5 Å². The Bertz CT molecular complexity index is 969. The number of fused-ring (bicyclic) bond motifs is 2. The number of pyridine rings is 1. The van der Waals surface area contributed by atoms with Crippen molar-refractivity contribution >= 4 is 16.8 Å². The third-order valence-electron chi connectivity index (χ3n) is 3.28. The fraction of sp³-hybridized carbons (Fsp3) is 0. The van der Waals surface area contributed by atoms with Crippen LogP contribution < -0.4 is 5.56 Å². The number of benzene rings is 1. The molecule has 0 saturated heterocycles. The molecule has 20 heavy (non-hydrogen) atoms. The number of para-hydroxylation sites is 1. The first-order valence-electron chi connectivity index (χ1n) is 6.24. The summed E-state index contributed by atoms with van der Waals surface area (Å²) in [5.74, 6) is 0.562. The highest BCUT2D eigenvalue weighted by atomic mass is 16.1. The molecule has 3 heterocycles. The van der Waals surface area contributed by atoms with Gasteiger partial charge in [-0.3, -0.25) is 13.8 Å². The fourth-order valence-electron chi connectivity index (χ4n) is 2.40. The minimum atomic E-state index is -0.104. The Kier molecular flexibility index (Phi) is 2.20. The molecule has 0 bridgehead atoms. The van der Waals surface area contributed by atoms with Gasteiger partial charge in [-0.05, 0) is 24.3 Å². The van der Waals surface area contributed by atoms with Crippen LogP contribution in [0.3, 0.4) is 0 Å². The Morgan fingerprint density at radius 1 is 0.900 bits per heavy atom. The van der Waals surface area contributed by atoms with Gasteiger partial charge in [0.15, 0.2) is 5.65 Å². The van der Waals surface area contributed by atoms with E-state index in [2.05, 4.69) is 9.97 Å². The summed E-state index contributed by atoms with van der Waals surface area (Å²) in [6.07, 6.45) is 4.97. The Balaban J connectivity index is 2.30. The zero-order valence-electron chi connectivity index (χ0n) is 10.5. The van der Waals surface area contributed by atoms with Gasteiger partial charge >= 0.3 is 0 Å². The molecule has 0 fully saturated rings. The van der Waals surface area contributed by atoms with Crippen LogP contribution in [-0.4, -0.2) is 18.9 Å². The van der Waals surface area contributed by atoms with E-state index < -0.39 is 0 Å². The van der Waals surface area contributed by atoms with Crippen molar-refractivity contribution in [2.75, 3.05) is 0 Å². The van der Waals surface area contributed by atoms with Gasteiger partial charge in [-0.2, -0.15) is 0 Å². The topological polar surface area (TPSA) is 52.2 Å². The van der Waals surface area contributed by atoms with Crippen LogP contribution in [0.5, 0.6) is 0 Å². The fourth-order valence-corrected chi connectivity index (χ4v) is 2.40. The van der Waals surface area contributed by atoms with Crippen LogP contribution in [-0.2, 0) is 0 Å². The average Bonchev–Trinajstić information content (AvgIpc) is 2.98. The first-order chi connectivity index (χ1) is 9.86. The Morgan fingerprint density at radius 2 is 1.75 bits per heavy atom. The van der Waals surface area contributed by atoms with Crippen molar-refractivity contribution in [2.24, 2.45) is 0 Å². The Morgan fingerprint density at radius 3 is 2.60 bits per heavy atom. The van der Waals surface area contributed by atoms with E-state index in [0.717, 1.165) is 5.69 Å². The minimum Gasteiger partial charge on any atom is -0.268 e. The van der Waals surface area contributed by atoms with Gasteiger partial charge in [0.2, 0.25) is 5.78 Å². The SMILES string of the molecule is O=c1c2cccnc2n(-c2ccccc2)c2nccn12. The molecule has 4 rings (SSSR count). The average molecular weight is 262 g/mol. The molecular weight excluding hydrogens is 252 g/mol. The highest BCUT2D eigenvalue weighted by molar-refractivity contribution is 5.78. The highest BCUT2D eigenvalue weighted by Gasteiger charge is 2.12. The second-order valence-electron chi connectivity index (χ2n) is 4.45. The molecule has 0 spiro atoms. The molecule has 0 unspecified atom stereocenters. The van der Waals surface area contributed by atoms with Gasteiger partial charge < -0.3 is 0 Å². The Labute approximate surface area is 113 Å². The predicted octanol–water partition coefficient (Wildman–Crippen LogP) is 2.03. The van der Waals surface area contributed by atoms with Crippen molar-refractivity contribution in [3.8, 4) is 5.69 Å². The molecule has 0 aliphatic carbocycles. The van der Waals surface area contributed by atoms with E-state index in [1.807, 2.05) is 34.9 Å². The van der Waals surface area contributed by atoms with Gasteiger partial charge in [-0.15, -0.1) is 0 Å². The second-order valence-corrected chi connectivity index (χ2v) is 4.45. The van der Waals surface area contributed by atoms with E-state index in [9.17, 15) is 4.79 Å². The zero-order valence-corrected chi connectivity index (χ0v) is 10.5. The monoisotopic (exact) mass is 262 g/mol. The molecule has 0 radical (unpaired) electrons. The minimum absolute atomic E-state index is 0.104. The number of nitrogens with zero attached hydrogens (tertiary/aromatic N) is 4. The number of hydrogen-bond donors (Lipinski definition) is 0. The summed E-state index contributed by atoms with van der Waals surface area (Å²) in [6.45, 7) is 0. The van der Waals surface area contributed by atoms with Gasteiger partial charge in [-0.25, -0.2) is 9.97 Å². The highest BCUT2D eigenvalue weighted by Crippen LogP contribution is 2.17. The molecule has 0 aliphatic rings. The lowest BCUT2D eigenvalue weighted by atomic mass is 10.3. The first kappa shape index (κ1) is 10.9. The molecule has 0 atom stereocenters. The Hall–Kier alpha value is -2.95. The van der Waals surface area contributed by atoms with E-state index >= 15 is 0 Å². The lowest BCUT2D eigenvalue weighted by Crippen LogP contribution is -2.18. The van der Waals surface area contributed by atoms with E-state index in [0.29, 0.717) is 16.8 Å². The van der Waals surface area contributed by atoms with E-state index in [4.69, 9.17) is 0 Å². The molecule has 0 aliphatic heterocycles. The maximum Gasteiger partial charge on any atom is 0.268 e. The third-order valence-corrected chi connectivity index (χ3v) is 3.28. The van der Waals surface area contributed by atoms with E-state index in [-0.39, 0.29) is 5.56 Å². The van der Waals surface area contributed by atoms with E-state index in [1.54, 1.807) is 30.7 Å². The van der Waals surface area contributed by atoms with Crippen LogP contribution in [0.4, 0.5) is 0 Å². The van der Waals surface area contributed by atoms with Gasteiger partial charge in [0.1, 0.15) is 0 Å². The van der Waals surface area contributed by atoms with Crippen LogP contribution in [0.1, 0.15) is 0 Å². The standard InChI is InChI=1S/C15H10N4O/c20-14-12-7-4-8-16-13(12)19(11-5-2-1-3-6-11)15-17-9-10-18(14)15/h1-10H. The van der Waals surface area contributed by atoms with Crippen molar-refractivity contribution in [1.29, 1.82) is 0 Å². The predicted molar refractivity (Wildman–Crippen MR) is 76.1 cm³/mol. The van der Waals surface area contributed by atoms with Gasteiger partial charge in [-0.1, -0.05) is 18.2 Å². The second kappa shape index (κ2) is 4.03. The van der Waals surface area contributed by atoms with Crippen LogP contribution in [0.15, 0.2) is 65.8 Å². The quantitative estimate of drug-likeness (QED) is 0.527. The van der Waals surface area contributed by atoms with Crippen molar-refractivity contribution in [2.45, 2.75) is 0 Å². The summed E-state index contributed by atoms with van der Waals surface area (Å²) in [5, 5.41) is 0.571. The largest absolute Gasteiger partial charge is 0.268 e. The molecule has 3 aromatic heterocycles. The molecule has 96 valence electrons. The van der Waals surface area contributed by atoms with Crippen LogP contribution in [0.2, 0.25) is 0 Å².